The van der Waals surface area contributed by atoms with Gasteiger partial charge in [0, 0.05) is 11.3 Å². The number of rotatable bonds is 6. The average Bonchev–Trinajstić information content (AvgIpc) is 2.54. The van der Waals surface area contributed by atoms with E-state index in [9.17, 15) is 4.79 Å². The molecule has 4 heteroatoms. The number of hydrogen-bond acceptors (Lipinski definition) is 3. The minimum absolute atomic E-state index is 0.0298. The van der Waals surface area contributed by atoms with Crippen LogP contribution in [0.2, 0.25) is 0 Å². The van der Waals surface area contributed by atoms with Gasteiger partial charge in [0.1, 0.15) is 0 Å². The Balaban J connectivity index is 1.83. The van der Waals surface area contributed by atoms with Gasteiger partial charge in [-0.1, -0.05) is 49.6 Å². The number of thioether (sulfide) groups is 1. The molecule has 0 unspecified atom stereocenters. The Morgan fingerprint density at radius 2 is 1.95 bits per heavy atom. The molecule has 1 saturated carbocycles. The van der Waals surface area contributed by atoms with Gasteiger partial charge in [-0.05, 0) is 31.1 Å². The minimum Gasteiger partial charge on any atom is -0.353 e. The van der Waals surface area contributed by atoms with E-state index in [-0.39, 0.29) is 10.7 Å². The van der Waals surface area contributed by atoms with Gasteiger partial charge in [-0.3, -0.25) is 4.79 Å². The molecule has 1 aliphatic rings. The van der Waals surface area contributed by atoms with E-state index in [0.717, 1.165) is 12.1 Å². The Bertz CT molecular complexity index is 443. The molecule has 1 aromatic carbocycles. The van der Waals surface area contributed by atoms with E-state index in [4.69, 9.17) is 5.73 Å². The van der Waals surface area contributed by atoms with Crippen molar-refractivity contribution in [2.45, 2.75) is 49.3 Å². The smallest absolute Gasteiger partial charge is 0.237 e. The second-order valence-corrected chi connectivity index (χ2v) is 7.24. The summed E-state index contributed by atoms with van der Waals surface area (Å²) in [7, 11) is 0. The van der Waals surface area contributed by atoms with Crippen LogP contribution in [0.15, 0.2) is 30.3 Å². The number of benzene rings is 1. The number of hydrogen-bond donors (Lipinski definition) is 2. The van der Waals surface area contributed by atoms with Crippen molar-refractivity contribution in [3.63, 3.8) is 0 Å². The standard InChI is InChI=1S/C17H26N2OS/c1-21-17(10-6-3-7-11-17)13-19-16(20)15(18)12-14-8-4-2-5-9-14/h2,4-5,8-9,15H,3,6-7,10-13,18H2,1H3,(H,19,20)/t15-/m1/s1. The van der Waals surface area contributed by atoms with Gasteiger partial charge < -0.3 is 11.1 Å². The molecule has 1 aliphatic carbocycles. The van der Waals surface area contributed by atoms with Gasteiger partial charge >= 0.3 is 0 Å². The third-order valence-electron chi connectivity index (χ3n) is 4.42. The zero-order chi connectivity index (χ0) is 15.1. The quantitative estimate of drug-likeness (QED) is 0.849. The van der Waals surface area contributed by atoms with Crippen LogP contribution in [0.1, 0.15) is 37.7 Å². The third-order valence-corrected chi connectivity index (χ3v) is 5.84. The number of nitrogens with two attached hydrogens (primary N) is 1. The van der Waals surface area contributed by atoms with Gasteiger partial charge in [0.25, 0.3) is 0 Å². The van der Waals surface area contributed by atoms with Crippen molar-refractivity contribution in [1.29, 1.82) is 0 Å². The molecular weight excluding hydrogens is 280 g/mol. The summed E-state index contributed by atoms with van der Waals surface area (Å²) < 4.78 is 0.223. The van der Waals surface area contributed by atoms with Crippen LogP contribution in [0.25, 0.3) is 0 Å². The van der Waals surface area contributed by atoms with E-state index in [0.29, 0.717) is 6.42 Å². The Morgan fingerprint density at radius 1 is 1.29 bits per heavy atom. The topological polar surface area (TPSA) is 55.1 Å². The van der Waals surface area contributed by atoms with Crippen molar-refractivity contribution in [1.82, 2.24) is 5.32 Å². The summed E-state index contributed by atoms with van der Waals surface area (Å²) in [5.41, 5.74) is 7.14. The number of amides is 1. The zero-order valence-corrected chi connectivity index (χ0v) is 13.6. The first-order valence-electron chi connectivity index (χ1n) is 7.78. The maximum absolute atomic E-state index is 12.2. The van der Waals surface area contributed by atoms with Crippen LogP contribution in [0.4, 0.5) is 0 Å². The van der Waals surface area contributed by atoms with Gasteiger partial charge in [0.05, 0.1) is 6.04 Å². The molecule has 0 saturated heterocycles. The number of nitrogens with one attached hydrogen (secondary N) is 1. The summed E-state index contributed by atoms with van der Waals surface area (Å²) in [5, 5.41) is 3.08. The van der Waals surface area contributed by atoms with Crippen LogP contribution in [0, 0.1) is 0 Å². The Hall–Kier alpha value is -1.00. The van der Waals surface area contributed by atoms with Crippen LogP contribution < -0.4 is 11.1 Å². The van der Waals surface area contributed by atoms with Gasteiger partial charge in [-0.25, -0.2) is 0 Å². The van der Waals surface area contributed by atoms with Crippen LogP contribution in [0.3, 0.4) is 0 Å². The molecule has 1 aromatic rings. The molecule has 0 aliphatic heterocycles. The highest BCUT2D eigenvalue weighted by Crippen LogP contribution is 2.37. The lowest BCUT2D eigenvalue weighted by Gasteiger charge is -2.36. The first kappa shape index (κ1) is 16.4. The summed E-state index contributed by atoms with van der Waals surface area (Å²) >= 11 is 1.90. The number of carbonyl (C=O) groups excluding carboxylic acids is 1. The van der Waals surface area contributed by atoms with Crippen molar-refractivity contribution in [2.24, 2.45) is 5.73 Å². The predicted octanol–water partition coefficient (Wildman–Crippen LogP) is 2.74. The first-order valence-corrected chi connectivity index (χ1v) is 9.00. The fraction of sp³-hybridized carbons (Fsp3) is 0.588. The van der Waals surface area contributed by atoms with Crippen LogP contribution in [0.5, 0.6) is 0 Å². The van der Waals surface area contributed by atoms with Gasteiger partial charge in [-0.2, -0.15) is 11.8 Å². The molecular formula is C17H26N2OS. The lowest BCUT2D eigenvalue weighted by Crippen LogP contribution is -2.48. The summed E-state index contributed by atoms with van der Waals surface area (Å²) in [6.45, 7) is 0.746. The van der Waals surface area contributed by atoms with Crippen molar-refractivity contribution in [2.75, 3.05) is 12.8 Å². The summed E-state index contributed by atoms with van der Waals surface area (Å²) in [5.74, 6) is -0.0298. The molecule has 0 heterocycles. The van der Waals surface area contributed by atoms with Crippen LogP contribution in [-0.2, 0) is 11.2 Å². The van der Waals surface area contributed by atoms with Crippen molar-refractivity contribution in [3.8, 4) is 0 Å². The number of carbonyl (C=O) groups is 1. The highest BCUT2D eigenvalue weighted by atomic mass is 32.2. The second-order valence-electron chi connectivity index (χ2n) is 5.96. The van der Waals surface area contributed by atoms with E-state index in [2.05, 4.69) is 11.6 Å². The molecule has 21 heavy (non-hydrogen) atoms. The monoisotopic (exact) mass is 306 g/mol. The zero-order valence-electron chi connectivity index (χ0n) is 12.8. The summed E-state index contributed by atoms with van der Waals surface area (Å²) in [6.07, 6.45) is 9.01. The fourth-order valence-electron chi connectivity index (χ4n) is 2.99. The molecule has 1 atom stereocenters. The average molecular weight is 306 g/mol. The van der Waals surface area contributed by atoms with Crippen molar-refractivity contribution < 1.29 is 4.79 Å². The Kier molecular flexibility index (Phi) is 6.12. The fourth-order valence-corrected chi connectivity index (χ4v) is 3.90. The molecule has 3 N–H and O–H groups in total. The summed E-state index contributed by atoms with van der Waals surface area (Å²) in [4.78, 5) is 12.2. The molecule has 3 nitrogen and oxygen atoms in total. The third kappa shape index (κ3) is 4.75. The highest BCUT2D eigenvalue weighted by Gasteiger charge is 2.31. The van der Waals surface area contributed by atoms with Gasteiger partial charge in [-0.15, -0.1) is 0 Å². The summed E-state index contributed by atoms with van der Waals surface area (Å²) in [6, 6.07) is 9.49. The Labute approximate surface area is 132 Å². The first-order chi connectivity index (χ1) is 10.2. The molecule has 116 valence electrons. The molecule has 1 amide bonds. The van der Waals surface area contributed by atoms with Gasteiger partial charge in [0.15, 0.2) is 0 Å². The normalized spacial score (nSPS) is 19.0. The van der Waals surface area contributed by atoms with Crippen molar-refractivity contribution in [3.05, 3.63) is 35.9 Å². The van der Waals surface area contributed by atoms with E-state index >= 15 is 0 Å². The lowest BCUT2D eigenvalue weighted by atomic mass is 9.88. The Morgan fingerprint density at radius 3 is 2.57 bits per heavy atom. The van der Waals surface area contributed by atoms with Crippen LogP contribution >= 0.6 is 11.8 Å². The molecule has 1 fully saturated rings. The lowest BCUT2D eigenvalue weighted by molar-refractivity contribution is -0.122. The SMILES string of the molecule is CSC1(CNC(=O)[C@H](N)Cc2ccccc2)CCCCC1. The van der Waals surface area contributed by atoms with Crippen molar-refractivity contribution >= 4 is 17.7 Å². The van der Waals surface area contributed by atoms with Gasteiger partial charge in [0.2, 0.25) is 5.91 Å². The van der Waals surface area contributed by atoms with E-state index in [1.54, 1.807) is 0 Å². The largest absolute Gasteiger partial charge is 0.353 e. The van der Waals surface area contributed by atoms with Crippen LogP contribution in [-0.4, -0.2) is 29.5 Å². The minimum atomic E-state index is -0.463. The molecule has 2 rings (SSSR count). The predicted molar refractivity (Wildman–Crippen MR) is 90.5 cm³/mol. The van der Waals surface area contributed by atoms with E-state index in [1.165, 1.54) is 32.1 Å². The maximum Gasteiger partial charge on any atom is 0.237 e. The molecule has 0 bridgehead atoms. The van der Waals surface area contributed by atoms with E-state index in [1.807, 2.05) is 42.1 Å². The highest BCUT2D eigenvalue weighted by molar-refractivity contribution is 8.00. The second kappa shape index (κ2) is 7.85. The molecule has 0 aromatic heterocycles. The maximum atomic E-state index is 12.2. The van der Waals surface area contributed by atoms with E-state index < -0.39 is 6.04 Å². The molecule has 0 radical (unpaired) electrons. The molecule has 0 spiro atoms.